The Balaban J connectivity index is 2.45. The molecule has 1 fully saturated rings. The Morgan fingerprint density at radius 1 is 1.35 bits per heavy atom. The highest BCUT2D eigenvalue weighted by atomic mass is 16.6. The molecule has 1 aliphatic carbocycles. The van der Waals surface area contributed by atoms with Crippen LogP contribution in [0.1, 0.15) is 44.0 Å². The highest BCUT2D eigenvalue weighted by Crippen LogP contribution is 2.38. The molecule has 0 spiro atoms. The van der Waals surface area contributed by atoms with Crippen molar-refractivity contribution < 1.29 is 24.4 Å². The van der Waals surface area contributed by atoms with E-state index in [-0.39, 0.29) is 17.3 Å². The summed E-state index contributed by atoms with van der Waals surface area (Å²) < 4.78 is 5.32. The van der Waals surface area contributed by atoms with Crippen molar-refractivity contribution >= 4 is 23.4 Å². The largest absolute Gasteiger partial charge is 0.478 e. The molecule has 0 aromatic heterocycles. The minimum Gasteiger partial charge on any atom is -0.478 e. The molecule has 0 atom stereocenters. The van der Waals surface area contributed by atoms with Crippen LogP contribution in [0.25, 0.3) is 0 Å². The van der Waals surface area contributed by atoms with Crippen LogP contribution in [-0.4, -0.2) is 33.7 Å². The molecule has 1 aromatic rings. The minimum absolute atomic E-state index is 0.0525. The average Bonchev–Trinajstić information content (AvgIpc) is 3.21. The molecule has 1 N–H and O–H groups in total. The Hall–Kier alpha value is -2.64. The number of carbonyl (C=O) groups excluding carboxylic acids is 1. The van der Waals surface area contributed by atoms with Gasteiger partial charge in [-0.05, 0) is 45.7 Å². The molecule has 1 aliphatic rings. The Morgan fingerprint density at radius 2 is 1.96 bits per heavy atom. The molecule has 1 aromatic carbocycles. The highest BCUT2D eigenvalue weighted by Gasteiger charge is 2.39. The summed E-state index contributed by atoms with van der Waals surface area (Å²) >= 11 is 0. The summed E-state index contributed by atoms with van der Waals surface area (Å²) in [7, 11) is 0. The van der Waals surface area contributed by atoms with Gasteiger partial charge in [-0.3, -0.25) is 15.0 Å². The standard InChI is InChI=1S/C15H18N2O6/c1-15(2,3)23-14(20)16(10-5-6-10)11-7-4-9(13(18)19)8-12(11)17(21)22/h4,7-8,10H,5-6H2,1-3H3,(H,18,19). The van der Waals surface area contributed by atoms with Crippen LogP contribution in [0.3, 0.4) is 0 Å². The van der Waals surface area contributed by atoms with E-state index in [2.05, 4.69) is 0 Å². The molecule has 8 nitrogen and oxygen atoms in total. The van der Waals surface area contributed by atoms with Crippen LogP contribution >= 0.6 is 0 Å². The molecule has 0 saturated heterocycles. The molecule has 23 heavy (non-hydrogen) atoms. The monoisotopic (exact) mass is 322 g/mol. The van der Waals surface area contributed by atoms with Gasteiger partial charge in [0.15, 0.2) is 0 Å². The lowest BCUT2D eigenvalue weighted by Crippen LogP contribution is -2.38. The van der Waals surface area contributed by atoms with Crippen LogP contribution < -0.4 is 4.90 Å². The van der Waals surface area contributed by atoms with Crippen molar-refractivity contribution in [1.82, 2.24) is 0 Å². The predicted molar refractivity (Wildman–Crippen MR) is 81.8 cm³/mol. The number of carbonyl (C=O) groups is 2. The summed E-state index contributed by atoms with van der Waals surface area (Å²) in [6.07, 6.45) is 0.764. The molecule has 0 radical (unpaired) electrons. The second-order valence-corrected chi connectivity index (χ2v) is 6.35. The van der Waals surface area contributed by atoms with Gasteiger partial charge in [-0.25, -0.2) is 9.59 Å². The SMILES string of the molecule is CC(C)(C)OC(=O)N(c1ccc(C(=O)O)cc1[N+](=O)[O-])C1CC1. The molecule has 0 unspecified atom stereocenters. The van der Waals surface area contributed by atoms with Gasteiger partial charge in [-0.1, -0.05) is 0 Å². The number of carboxylic acids is 1. The maximum Gasteiger partial charge on any atom is 0.415 e. The van der Waals surface area contributed by atoms with Crippen molar-refractivity contribution in [3.63, 3.8) is 0 Å². The van der Waals surface area contributed by atoms with E-state index in [0.717, 1.165) is 18.9 Å². The fourth-order valence-electron chi connectivity index (χ4n) is 2.09. The molecular weight excluding hydrogens is 304 g/mol. The summed E-state index contributed by atoms with van der Waals surface area (Å²) in [5.74, 6) is -1.27. The van der Waals surface area contributed by atoms with Gasteiger partial charge in [-0.15, -0.1) is 0 Å². The van der Waals surface area contributed by atoms with E-state index in [4.69, 9.17) is 9.84 Å². The number of nitro benzene ring substituents is 1. The van der Waals surface area contributed by atoms with Gasteiger partial charge < -0.3 is 9.84 Å². The zero-order chi connectivity index (χ0) is 17.4. The number of nitrogens with zero attached hydrogens (tertiary/aromatic N) is 2. The third-order valence-electron chi connectivity index (χ3n) is 3.18. The van der Waals surface area contributed by atoms with Crippen molar-refractivity contribution in [2.45, 2.75) is 45.3 Å². The van der Waals surface area contributed by atoms with E-state index in [1.807, 2.05) is 0 Å². The smallest absolute Gasteiger partial charge is 0.415 e. The first-order valence-corrected chi connectivity index (χ1v) is 7.14. The van der Waals surface area contributed by atoms with E-state index in [1.54, 1.807) is 20.8 Å². The summed E-state index contributed by atoms with van der Waals surface area (Å²) in [5, 5.41) is 20.3. The molecule has 8 heteroatoms. The molecular formula is C15H18N2O6. The number of hydrogen-bond acceptors (Lipinski definition) is 5. The number of anilines is 1. The zero-order valence-corrected chi connectivity index (χ0v) is 13.1. The Labute approximate surface area is 132 Å². The number of hydrogen-bond donors (Lipinski definition) is 1. The lowest BCUT2D eigenvalue weighted by Gasteiger charge is -2.27. The average molecular weight is 322 g/mol. The first-order valence-electron chi connectivity index (χ1n) is 7.14. The summed E-state index contributed by atoms with van der Waals surface area (Å²) in [6, 6.07) is 3.31. The van der Waals surface area contributed by atoms with Crippen molar-refractivity contribution in [2.75, 3.05) is 4.90 Å². The highest BCUT2D eigenvalue weighted by molar-refractivity contribution is 5.95. The number of ether oxygens (including phenoxy) is 1. The van der Waals surface area contributed by atoms with E-state index in [9.17, 15) is 19.7 Å². The minimum atomic E-state index is -1.27. The van der Waals surface area contributed by atoms with Crippen LogP contribution in [-0.2, 0) is 4.74 Å². The third kappa shape index (κ3) is 3.97. The molecule has 0 bridgehead atoms. The van der Waals surface area contributed by atoms with Crippen LogP contribution in [0.2, 0.25) is 0 Å². The summed E-state index contributed by atoms with van der Waals surface area (Å²) in [4.78, 5) is 35.2. The maximum absolute atomic E-state index is 12.4. The summed E-state index contributed by atoms with van der Waals surface area (Å²) in [5.41, 5.74) is -1.32. The van der Waals surface area contributed by atoms with E-state index in [1.165, 1.54) is 17.0 Å². The van der Waals surface area contributed by atoms with Gasteiger partial charge in [-0.2, -0.15) is 0 Å². The quantitative estimate of drug-likeness (QED) is 0.673. The Bertz CT molecular complexity index is 660. The van der Waals surface area contributed by atoms with Crippen molar-refractivity contribution in [3.05, 3.63) is 33.9 Å². The number of aromatic carboxylic acids is 1. The normalized spacial score (nSPS) is 14.2. The van der Waals surface area contributed by atoms with Gasteiger partial charge >= 0.3 is 12.1 Å². The molecule has 1 saturated carbocycles. The lowest BCUT2D eigenvalue weighted by atomic mass is 10.1. The molecule has 124 valence electrons. The molecule has 2 rings (SSSR count). The van der Waals surface area contributed by atoms with Crippen molar-refractivity contribution in [2.24, 2.45) is 0 Å². The van der Waals surface area contributed by atoms with E-state index >= 15 is 0 Å². The van der Waals surface area contributed by atoms with Gasteiger partial charge in [0, 0.05) is 12.1 Å². The van der Waals surface area contributed by atoms with Gasteiger partial charge in [0.25, 0.3) is 5.69 Å². The Kier molecular flexibility index (Phi) is 4.26. The predicted octanol–water partition coefficient (Wildman–Crippen LogP) is 3.20. The fourth-order valence-corrected chi connectivity index (χ4v) is 2.09. The lowest BCUT2D eigenvalue weighted by molar-refractivity contribution is -0.384. The van der Waals surface area contributed by atoms with Crippen molar-refractivity contribution in [3.8, 4) is 0 Å². The second-order valence-electron chi connectivity index (χ2n) is 6.35. The first kappa shape index (κ1) is 16.7. The van der Waals surface area contributed by atoms with Crippen LogP contribution in [0.15, 0.2) is 18.2 Å². The third-order valence-corrected chi connectivity index (χ3v) is 3.18. The number of carboxylic acid groups (broad SMARTS) is 1. The first-order chi connectivity index (χ1) is 10.6. The molecule has 0 heterocycles. The number of amides is 1. The zero-order valence-electron chi connectivity index (χ0n) is 13.1. The van der Waals surface area contributed by atoms with Gasteiger partial charge in [0.1, 0.15) is 11.3 Å². The second kappa shape index (κ2) is 5.86. The number of benzene rings is 1. The van der Waals surface area contributed by atoms with Crippen LogP contribution in [0, 0.1) is 10.1 Å². The molecule has 0 aliphatic heterocycles. The maximum atomic E-state index is 12.4. The number of nitro groups is 1. The fraction of sp³-hybridized carbons (Fsp3) is 0.467. The van der Waals surface area contributed by atoms with Gasteiger partial charge in [0.05, 0.1) is 10.5 Å². The topological polar surface area (TPSA) is 110 Å². The summed E-state index contributed by atoms with van der Waals surface area (Å²) in [6.45, 7) is 5.12. The van der Waals surface area contributed by atoms with Gasteiger partial charge in [0.2, 0.25) is 0 Å². The van der Waals surface area contributed by atoms with Crippen molar-refractivity contribution in [1.29, 1.82) is 0 Å². The number of rotatable bonds is 4. The van der Waals surface area contributed by atoms with Crippen LogP contribution in [0.5, 0.6) is 0 Å². The van der Waals surface area contributed by atoms with E-state index in [0.29, 0.717) is 0 Å². The molecule has 1 amide bonds. The van der Waals surface area contributed by atoms with E-state index < -0.39 is 28.3 Å². The Morgan fingerprint density at radius 3 is 2.39 bits per heavy atom. The van der Waals surface area contributed by atoms with Crippen LogP contribution in [0.4, 0.5) is 16.2 Å².